The number of hydrogen-bond acceptors (Lipinski definition) is 7. The van der Waals surface area contributed by atoms with Crippen molar-refractivity contribution in [3.05, 3.63) is 0 Å². The van der Waals surface area contributed by atoms with Crippen molar-refractivity contribution < 1.29 is 4.74 Å². The van der Waals surface area contributed by atoms with Gasteiger partial charge in [-0.2, -0.15) is 15.0 Å². The first kappa shape index (κ1) is 12.8. The predicted octanol–water partition coefficient (Wildman–Crippen LogP) is -0.00720. The highest BCUT2D eigenvalue weighted by Crippen LogP contribution is 2.20. The third-order valence-electron chi connectivity index (χ3n) is 3.21. The minimum absolute atomic E-state index is 0.198. The van der Waals surface area contributed by atoms with Crippen LogP contribution in [-0.4, -0.2) is 60.2 Å². The van der Waals surface area contributed by atoms with Crippen LogP contribution in [0.3, 0.4) is 0 Å². The van der Waals surface area contributed by atoms with Crippen LogP contribution in [0.15, 0.2) is 0 Å². The normalized spacial score (nSPS) is 20.2. The second kappa shape index (κ2) is 5.34. The summed E-state index contributed by atoms with van der Waals surface area (Å²) in [5.41, 5.74) is 5.66. The van der Waals surface area contributed by atoms with Crippen molar-refractivity contribution in [1.82, 2.24) is 19.9 Å². The Morgan fingerprint density at radius 2 is 2.11 bits per heavy atom. The summed E-state index contributed by atoms with van der Waals surface area (Å²) in [4.78, 5) is 16.7. The molecular formula is C11H20N6O. The van der Waals surface area contributed by atoms with E-state index in [-0.39, 0.29) is 12.0 Å². The van der Waals surface area contributed by atoms with Crippen LogP contribution < -0.4 is 15.4 Å². The van der Waals surface area contributed by atoms with Crippen LogP contribution in [0.1, 0.15) is 12.8 Å². The van der Waals surface area contributed by atoms with Gasteiger partial charge in [0.1, 0.15) is 0 Å². The van der Waals surface area contributed by atoms with E-state index in [1.54, 1.807) is 0 Å². The third kappa shape index (κ3) is 2.79. The molecule has 1 aliphatic rings. The van der Waals surface area contributed by atoms with Crippen LogP contribution in [-0.2, 0) is 0 Å². The lowest BCUT2D eigenvalue weighted by Gasteiger charge is -2.36. The van der Waals surface area contributed by atoms with Crippen molar-refractivity contribution in [2.75, 3.05) is 44.9 Å². The van der Waals surface area contributed by atoms with Gasteiger partial charge in [0, 0.05) is 19.1 Å². The molecule has 2 rings (SSSR count). The average Bonchev–Trinajstić information content (AvgIpc) is 2.38. The van der Waals surface area contributed by atoms with Gasteiger partial charge in [0.05, 0.1) is 7.11 Å². The molecule has 0 bridgehead atoms. The van der Waals surface area contributed by atoms with Gasteiger partial charge in [-0.25, -0.2) is 0 Å². The van der Waals surface area contributed by atoms with Gasteiger partial charge in [-0.15, -0.1) is 0 Å². The second-order valence-corrected chi connectivity index (χ2v) is 4.69. The number of aromatic nitrogens is 3. The topological polar surface area (TPSA) is 80.4 Å². The maximum atomic E-state index is 5.66. The zero-order valence-corrected chi connectivity index (χ0v) is 11.1. The van der Waals surface area contributed by atoms with E-state index in [2.05, 4.69) is 38.8 Å². The lowest BCUT2D eigenvalue weighted by molar-refractivity contribution is 0.256. The quantitative estimate of drug-likeness (QED) is 0.810. The number of nitrogens with two attached hydrogens (primary N) is 1. The highest BCUT2D eigenvalue weighted by molar-refractivity contribution is 5.36. The molecule has 1 aliphatic heterocycles. The van der Waals surface area contributed by atoms with Gasteiger partial charge >= 0.3 is 6.01 Å². The summed E-state index contributed by atoms with van der Waals surface area (Å²) < 4.78 is 5.02. The van der Waals surface area contributed by atoms with Crippen molar-refractivity contribution >= 4 is 11.9 Å². The fourth-order valence-corrected chi connectivity index (χ4v) is 2.15. The largest absolute Gasteiger partial charge is 0.467 e. The molecule has 0 aromatic carbocycles. The molecule has 2 N–H and O–H groups in total. The van der Waals surface area contributed by atoms with Crippen molar-refractivity contribution in [3.63, 3.8) is 0 Å². The van der Waals surface area contributed by atoms with Gasteiger partial charge in [-0.1, -0.05) is 0 Å². The van der Waals surface area contributed by atoms with E-state index in [0.29, 0.717) is 12.0 Å². The molecule has 0 radical (unpaired) electrons. The molecule has 0 aliphatic carbocycles. The number of likely N-dealkylation sites (N-methyl/N-ethyl adjacent to an activating group) is 1. The standard InChI is InChI=1S/C11H20N6O/c1-16(2)8-5-4-6-17(7-8)10-13-9(12)14-11(15-10)18-3/h8H,4-7H2,1-3H3,(H2,12,13,14,15). The zero-order chi connectivity index (χ0) is 13.1. The monoisotopic (exact) mass is 252 g/mol. The van der Waals surface area contributed by atoms with E-state index in [1.807, 2.05) is 0 Å². The Bertz CT molecular complexity index is 411. The molecule has 1 unspecified atom stereocenters. The first-order valence-electron chi connectivity index (χ1n) is 6.07. The maximum Gasteiger partial charge on any atom is 0.322 e. The van der Waals surface area contributed by atoms with E-state index in [4.69, 9.17) is 10.5 Å². The number of piperidine rings is 1. The highest BCUT2D eigenvalue weighted by atomic mass is 16.5. The van der Waals surface area contributed by atoms with E-state index < -0.39 is 0 Å². The van der Waals surface area contributed by atoms with Gasteiger partial charge in [-0.3, -0.25) is 0 Å². The van der Waals surface area contributed by atoms with E-state index in [1.165, 1.54) is 13.5 Å². The molecule has 100 valence electrons. The molecule has 1 fully saturated rings. The summed E-state index contributed by atoms with van der Waals surface area (Å²) >= 11 is 0. The Balaban J connectivity index is 2.17. The Labute approximate surface area is 107 Å². The molecule has 0 saturated carbocycles. The molecule has 7 nitrogen and oxygen atoms in total. The number of nitrogens with zero attached hydrogens (tertiary/aromatic N) is 5. The fourth-order valence-electron chi connectivity index (χ4n) is 2.15. The van der Waals surface area contributed by atoms with Crippen LogP contribution in [0.4, 0.5) is 11.9 Å². The number of hydrogen-bond donors (Lipinski definition) is 1. The molecule has 1 aromatic rings. The maximum absolute atomic E-state index is 5.66. The van der Waals surface area contributed by atoms with E-state index in [0.717, 1.165) is 19.5 Å². The summed E-state index contributed by atoms with van der Waals surface area (Å²) in [5, 5.41) is 0. The van der Waals surface area contributed by atoms with Crippen LogP contribution in [0.25, 0.3) is 0 Å². The van der Waals surface area contributed by atoms with Gasteiger partial charge in [-0.05, 0) is 26.9 Å². The average molecular weight is 252 g/mol. The fraction of sp³-hybridized carbons (Fsp3) is 0.727. The number of nitrogen functional groups attached to an aromatic ring is 1. The van der Waals surface area contributed by atoms with Crippen molar-refractivity contribution in [3.8, 4) is 6.01 Å². The molecule has 1 atom stereocenters. The van der Waals surface area contributed by atoms with Crippen LogP contribution in [0, 0.1) is 0 Å². The third-order valence-corrected chi connectivity index (χ3v) is 3.21. The second-order valence-electron chi connectivity index (χ2n) is 4.69. The van der Waals surface area contributed by atoms with Gasteiger partial charge in [0.15, 0.2) is 0 Å². The van der Waals surface area contributed by atoms with Crippen LogP contribution in [0.2, 0.25) is 0 Å². The summed E-state index contributed by atoms with van der Waals surface area (Å²) in [7, 11) is 5.71. The Hall–Kier alpha value is -1.63. The lowest BCUT2D eigenvalue weighted by atomic mass is 10.1. The number of methoxy groups -OCH3 is 1. The molecule has 2 heterocycles. The molecule has 7 heteroatoms. The smallest absolute Gasteiger partial charge is 0.322 e. The molecular weight excluding hydrogens is 232 g/mol. The molecule has 1 saturated heterocycles. The van der Waals surface area contributed by atoms with Crippen molar-refractivity contribution in [2.45, 2.75) is 18.9 Å². The van der Waals surface area contributed by atoms with Crippen molar-refractivity contribution in [1.29, 1.82) is 0 Å². The predicted molar refractivity (Wildman–Crippen MR) is 69.7 cm³/mol. The summed E-state index contributed by atoms with van der Waals surface area (Å²) in [5.74, 6) is 0.801. The minimum Gasteiger partial charge on any atom is -0.467 e. The molecule has 0 amide bonds. The van der Waals surface area contributed by atoms with Gasteiger partial charge < -0.3 is 20.3 Å². The molecule has 18 heavy (non-hydrogen) atoms. The van der Waals surface area contributed by atoms with Crippen LogP contribution in [0.5, 0.6) is 6.01 Å². The first-order valence-corrected chi connectivity index (χ1v) is 6.07. The Morgan fingerprint density at radius 1 is 1.33 bits per heavy atom. The van der Waals surface area contributed by atoms with Gasteiger partial charge in [0.2, 0.25) is 11.9 Å². The molecule has 1 aromatic heterocycles. The zero-order valence-electron chi connectivity index (χ0n) is 11.1. The summed E-state index contributed by atoms with van der Waals surface area (Å²) in [6, 6.07) is 0.784. The number of anilines is 2. The Kier molecular flexibility index (Phi) is 3.81. The van der Waals surface area contributed by atoms with E-state index in [9.17, 15) is 0 Å². The SMILES string of the molecule is COc1nc(N)nc(N2CCCC(N(C)C)C2)n1. The number of ether oxygens (including phenoxy) is 1. The van der Waals surface area contributed by atoms with Crippen LogP contribution >= 0.6 is 0 Å². The summed E-state index contributed by atoms with van der Waals surface area (Å²) in [6.45, 7) is 1.84. The van der Waals surface area contributed by atoms with Crippen molar-refractivity contribution in [2.24, 2.45) is 0 Å². The number of rotatable bonds is 3. The molecule has 0 spiro atoms. The van der Waals surface area contributed by atoms with Gasteiger partial charge in [0.25, 0.3) is 0 Å². The Morgan fingerprint density at radius 3 is 2.78 bits per heavy atom. The summed E-state index contributed by atoms with van der Waals surface area (Å²) in [6.07, 6.45) is 2.32. The minimum atomic E-state index is 0.198. The first-order chi connectivity index (χ1) is 8.60. The highest BCUT2D eigenvalue weighted by Gasteiger charge is 2.23. The lowest BCUT2D eigenvalue weighted by Crippen LogP contribution is -2.45. The van der Waals surface area contributed by atoms with E-state index >= 15 is 0 Å².